The van der Waals surface area contributed by atoms with E-state index in [-0.39, 0.29) is 11.8 Å². The standard InChI is InChI=1S/C14H14BrN3O/c15-10-3-1-2-9(6-10)12-7-13(12)14(19)16-8-11-4-5-17-18-11/h1-6,12-13H,7-8H2,(H,16,19)(H,17,18). The van der Waals surface area contributed by atoms with Gasteiger partial charge in [-0.2, -0.15) is 5.10 Å². The van der Waals surface area contributed by atoms with Crippen molar-refractivity contribution in [3.8, 4) is 0 Å². The van der Waals surface area contributed by atoms with Crippen LogP contribution in [0.3, 0.4) is 0 Å². The van der Waals surface area contributed by atoms with Crippen LogP contribution < -0.4 is 5.32 Å². The predicted octanol–water partition coefficient (Wildman–Crippen LogP) is 2.59. The maximum absolute atomic E-state index is 12.0. The van der Waals surface area contributed by atoms with Crippen LogP contribution in [0, 0.1) is 5.92 Å². The lowest BCUT2D eigenvalue weighted by Gasteiger charge is -2.04. The highest BCUT2D eigenvalue weighted by Crippen LogP contribution is 2.47. The van der Waals surface area contributed by atoms with E-state index in [2.05, 4.69) is 43.6 Å². The molecule has 19 heavy (non-hydrogen) atoms. The number of carbonyl (C=O) groups excluding carboxylic acids is 1. The Hall–Kier alpha value is -1.62. The molecule has 2 N–H and O–H groups in total. The van der Waals surface area contributed by atoms with Crippen molar-refractivity contribution in [3.63, 3.8) is 0 Å². The molecule has 0 saturated heterocycles. The Kier molecular flexibility index (Phi) is 3.38. The lowest BCUT2D eigenvalue weighted by Crippen LogP contribution is -2.25. The van der Waals surface area contributed by atoms with E-state index in [0.29, 0.717) is 12.5 Å². The van der Waals surface area contributed by atoms with Gasteiger partial charge in [0.05, 0.1) is 12.2 Å². The van der Waals surface area contributed by atoms with E-state index < -0.39 is 0 Å². The van der Waals surface area contributed by atoms with Crippen LogP contribution in [0.15, 0.2) is 41.0 Å². The Morgan fingerprint density at radius 3 is 3.11 bits per heavy atom. The highest BCUT2D eigenvalue weighted by Gasteiger charge is 2.43. The fourth-order valence-electron chi connectivity index (χ4n) is 2.29. The average Bonchev–Trinajstić information content (AvgIpc) is 3.04. The minimum absolute atomic E-state index is 0.109. The van der Waals surface area contributed by atoms with E-state index in [1.807, 2.05) is 18.2 Å². The third kappa shape index (κ3) is 2.87. The topological polar surface area (TPSA) is 57.8 Å². The van der Waals surface area contributed by atoms with Crippen LogP contribution in [0.1, 0.15) is 23.6 Å². The molecule has 0 bridgehead atoms. The summed E-state index contributed by atoms with van der Waals surface area (Å²) in [6.07, 6.45) is 2.62. The van der Waals surface area contributed by atoms with Gasteiger partial charge in [-0.1, -0.05) is 28.1 Å². The molecule has 2 atom stereocenters. The molecule has 1 amide bonds. The van der Waals surface area contributed by atoms with Gasteiger partial charge in [-0.15, -0.1) is 0 Å². The van der Waals surface area contributed by atoms with Crippen molar-refractivity contribution >= 4 is 21.8 Å². The van der Waals surface area contributed by atoms with Gasteiger partial charge in [0, 0.05) is 16.6 Å². The number of aromatic nitrogens is 2. The van der Waals surface area contributed by atoms with Gasteiger partial charge >= 0.3 is 0 Å². The van der Waals surface area contributed by atoms with Gasteiger partial charge in [0.25, 0.3) is 0 Å². The van der Waals surface area contributed by atoms with Crippen LogP contribution in [0.2, 0.25) is 0 Å². The van der Waals surface area contributed by atoms with Crippen molar-refractivity contribution in [3.05, 3.63) is 52.3 Å². The number of benzene rings is 1. The molecule has 98 valence electrons. The van der Waals surface area contributed by atoms with E-state index in [9.17, 15) is 4.79 Å². The van der Waals surface area contributed by atoms with Crippen LogP contribution >= 0.6 is 15.9 Å². The Balaban J connectivity index is 1.56. The number of rotatable bonds is 4. The van der Waals surface area contributed by atoms with Gasteiger partial charge in [-0.25, -0.2) is 0 Å². The molecule has 1 aromatic carbocycles. The van der Waals surface area contributed by atoms with E-state index >= 15 is 0 Å². The highest BCUT2D eigenvalue weighted by molar-refractivity contribution is 9.10. The first-order valence-electron chi connectivity index (χ1n) is 6.25. The zero-order valence-electron chi connectivity index (χ0n) is 10.3. The number of hydrogen-bond acceptors (Lipinski definition) is 2. The summed E-state index contributed by atoms with van der Waals surface area (Å²) in [6.45, 7) is 0.514. The Morgan fingerprint density at radius 2 is 2.37 bits per heavy atom. The predicted molar refractivity (Wildman–Crippen MR) is 75.4 cm³/mol. The molecule has 3 rings (SSSR count). The second-order valence-corrected chi connectivity index (χ2v) is 5.72. The average molecular weight is 320 g/mol. The van der Waals surface area contributed by atoms with Crippen molar-refractivity contribution in [1.82, 2.24) is 15.5 Å². The number of nitrogens with zero attached hydrogens (tertiary/aromatic N) is 1. The first-order chi connectivity index (χ1) is 9.24. The molecule has 1 aliphatic rings. The maximum atomic E-state index is 12.0. The monoisotopic (exact) mass is 319 g/mol. The molecule has 1 heterocycles. The van der Waals surface area contributed by atoms with Gasteiger partial charge in [0.2, 0.25) is 5.91 Å². The summed E-state index contributed by atoms with van der Waals surface area (Å²) in [5.74, 6) is 0.594. The molecule has 1 saturated carbocycles. The number of H-pyrrole nitrogens is 1. The van der Waals surface area contributed by atoms with Gasteiger partial charge < -0.3 is 5.32 Å². The minimum Gasteiger partial charge on any atom is -0.350 e. The number of nitrogens with one attached hydrogen (secondary N) is 2. The van der Waals surface area contributed by atoms with E-state index in [4.69, 9.17) is 0 Å². The summed E-state index contributed by atoms with van der Waals surface area (Å²) in [4.78, 5) is 12.0. The second kappa shape index (κ2) is 5.17. The molecule has 2 aromatic rings. The fraction of sp³-hybridized carbons (Fsp3) is 0.286. The summed E-state index contributed by atoms with van der Waals surface area (Å²) in [5, 5.41) is 9.62. The summed E-state index contributed by atoms with van der Waals surface area (Å²) >= 11 is 3.46. The van der Waals surface area contributed by atoms with Gasteiger partial charge in [0.15, 0.2) is 0 Å². The van der Waals surface area contributed by atoms with E-state index in [0.717, 1.165) is 16.6 Å². The highest BCUT2D eigenvalue weighted by atomic mass is 79.9. The Labute approximate surface area is 119 Å². The first-order valence-corrected chi connectivity index (χ1v) is 7.05. The zero-order valence-corrected chi connectivity index (χ0v) is 11.9. The zero-order chi connectivity index (χ0) is 13.2. The fourth-order valence-corrected chi connectivity index (χ4v) is 2.70. The SMILES string of the molecule is O=C(NCc1ccn[nH]1)C1CC1c1cccc(Br)c1. The molecule has 0 radical (unpaired) electrons. The molecular weight excluding hydrogens is 306 g/mol. The van der Waals surface area contributed by atoms with Crippen molar-refractivity contribution < 1.29 is 4.79 Å². The molecule has 4 nitrogen and oxygen atoms in total. The van der Waals surface area contributed by atoms with Gasteiger partial charge in [-0.3, -0.25) is 9.89 Å². The molecule has 1 aliphatic carbocycles. The largest absolute Gasteiger partial charge is 0.350 e. The Morgan fingerprint density at radius 1 is 1.47 bits per heavy atom. The molecule has 2 unspecified atom stereocenters. The van der Waals surface area contributed by atoms with Crippen LogP contribution in [-0.2, 0) is 11.3 Å². The second-order valence-electron chi connectivity index (χ2n) is 4.80. The number of hydrogen-bond donors (Lipinski definition) is 2. The Bertz CT molecular complexity index is 582. The number of halogens is 1. The van der Waals surface area contributed by atoms with Crippen LogP contribution in [0.5, 0.6) is 0 Å². The molecule has 1 aromatic heterocycles. The lowest BCUT2D eigenvalue weighted by molar-refractivity contribution is -0.122. The van der Waals surface area contributed by atoms with Crippen molar-refractivity contribution in [2.45, 2.75) is 18.9 Å². The smallest absolute Gasteiger partial charge is 0.224 e. The molecule has 0 aliphatic heterocycles. The normalized spacial score (nSPS) is 21.1. The van der Waals surface area contributed by atoms with E-state index in [1.54, 1.807) is 6.20 Å². The van der Waals surface area contributed by atoms with Crippen molar-refractivity contribution in [2.24, 2.45) is 5.92 Å². The molecule has 0 spiro atoms. The van der Waals surface area contributed by atoms with Crippen molar-refractivity contribution in [2.75, 3.05) is 0 Å². The number of carbonyl (C=O) groups is 1. The summed E-state index contributed by atoms with van der Waals surface area (Å²) in [6, 6.07) is 10.0. The number of amides is 1. The third-order valence-corrected chi connectivity index (χ3v) is 3.91. The van der Waals surface area contributed by atoms with Crippen molar-refractivity contribution in [1.29, 1.82) is 0 Å². The van der Waals surface area contributed by atoms with Crippen LogP contribution in [-0.4, -0.2) is 16.1 Å². The summed E-state index contributed by atoms with van der Waals surface area (Å²) < 4.78 is 1.06. The molecule has 5 heteroatoms. The van der Waals surface area contributed by atoms with E-state index in [1.165, 1.54) is 5.56 Å². The molecule has 1 fully saturated rings. The number of aromatic amines is 1. The van der Waals surface area contributed by atoms with Gasteiger partial charge in [-0.05, 0) is 36.1 Å². The molecular formula is C14H14BrN3O. The first kappa shape index (κ1) is 12.4. The lowest BCUT2D eigenvalue weighted by atomic mass is 10.1. The van der Waals surface area contributed by atoms with Crippen LogP contribution in [0.4, 0.5) is 0 Å². The summed E-state index contributed by atoms with van der Waals surface area (Å²) in [7, 11) is 0. The maximum Gasteiger partial charge on any atom is 0.224 e. The quantitative estimate of drug-likeness (QED) is 0.910. The third-order valence-electron chi connectivity index (χ3n) is 3.42. The van der Waals surface area contributed by atoms with Gasteiger partial charge in [0.1, 0.15) is 0 Å². The van der Waals surface area contributed by atoms with Crippen LogP contribution in [0.25, 0.3) is 0 Å². The summed E-state index contributed by atoms with van der Waals surface area (Å²) in [5.41, 5.74) is 2.16. The minimum atomic E-state index is 0.109.